The van der Waals surface area contributed by atoms with E-state index >= 15 is 4.39 Å². The predicted molar refractivity (Wildman–Crippen MR) is 161 cm³/mol. The summed E-state index contributed by atoms with van der Waals surface area (Å²) in [5.74, 6) is -0.671. The standard InChI is InChI=1S/C33H30F4N6O2/c1-2-21-26-17(9-24(35)27(21)36)8-20(38)11-22(26)29-28(37)30-23(13-39-29)31(43-6-7-44-15-18-10-25(18)43)41-32(40-30)45-16-33-4-3-5-42(33)14-19(34)12-33/h1,8-9,11,13,18-19,25H,3-7,10,12,14-16,38H2/t18-,19-,25-,33+/m1/s1/i16D2. The molecule has 1 aliphatic carbocycles. The average molecular weight is 621 g/mol. The largest absolute Gasteiger partial charge is 0.461 e. The second-order valence-corrected chi connectivity index (χ2v) is 12.3. The number of ether oxygens (including phenoxy) is 2. The van der Waals surface area contributed by atoms with Crippen LogP contribution >= 0.6 is 0 Å². The summed E-state index contributed by atoms with van der Waals surface area (Å²) >= 11 is 0. The van der Waals surface area contributed by atoms with Crippen molar-refractivity contribution in [1.82, 2.24) is 19.9 Å². The van der Waals surface area contributed by atoms with Crippen molar-refractivity contribution in [3.8, 4) is 29.6 Å². The van der Waals surface area contributed by atoms with E-state index in [9.17, 15) is 13.2 Å². The highest BCUT2D eigenvalue weighted by Gasteiger charge is 2.49. The Labute approximate surface area is 259 Å². The van der Waals surface area contributed by atoms with Crippen molar-refractivity contribution in [2.75, 3.05) is 50.0 Å². The predicted octanol–water partition coefficient (Wildman–Crippen LogP) is 5.01. The Hall–Kier alpha value is -4.21. The molecular weight excluding hydrogens is 588 g/mol. The summed E-state index contributed by atoms with van der Waals surface area (Å²) in [6, 6.07) is 3.35. The molecule has 8 rings (SSSR count). The molecular formula is C33H30F4N6O2. The number of pyridine rings is 1. The fourth-order valence-electron chi connectivity index (χ4n) is 7.32. The van der Waals surface area contributed by atoms with Gasteiger partial charge in [0.15, 0.2) is 17.5 Å². The Bertz CT molecular complexity index is 2010. The van der Waals surface area contributed by atoms with Gasteiger partial charge in [-0.05, 0) is 49.4 Å². The number of nitrogens with two attached hydrogens (primary N) is 1. The van der Waals surface area contributed by atoms with Crippen molar-refractivity contribution >= 4 is 33.2 Å². The fraction of sp³-hybridized carbons (Fsp3) is 0.424. The number of rotatable bonds is 5. The molecule has 3 saturated heterocycles. The zero-order valence-corrected chi connectivity index (χ0v) is 24.1. The first kappa shape index (κ1) is 26.1. The van der Waals surface area contributed by atoms with Crippen molar-refractivity contribution < 1.29 is 29.8 Å². The van der Waals surface area contributed by atoms with Gasteiger partial charge in [0.2, 0.25) is 0 Å². The van der Waals surface area contributed by atoms with E-state index in [2.05, 4.69) is 20.9 Å². The highest BCUT2D eigenvalue weighted by molar-refractivity contribution is 6.03. The summed E-state index contributed by atoms with van der Waals surface area (Å²) in [6.45, 7) is -0.380. The Morgan fingerprint density at radius 3 is 2.91 bits per heavy atom. The number of halogens is 4. The van der Waals surface area contributed by atoms with Crippen LogP contribution in [0.15, 0.2) is 24.4 Å². The molecule has 2 aromatic carbocycles. The van der Waals surface area contributed by atoms with E-state index in [0.29, 0.717) is 45.0 Å². The van der Waals surface area contributed by atoms with E-state index < -0.39 is 47.3 Å². The van der Waals surface area contributed by atoms with Crippen LogP contribution in [0.2, 0.25) is 0 Å². The minimum Gasteiger partial charge on any atom is -0.461 e. The number of benzene rings is 2. The highest BCUT2D eigenvalue weighted by atomic mass is 19.2. The third kappa shape index (κ3) is 4.55. The Kier molecular flexibility index (Phi) is 6.03. The molecule has 12 heteroatoms. The molecule has 2 aromatic heterocycles. The van der Waals surface area contributed by atoms with Gasteiger partial charge in [-0.25, -0.2) is 17.6 Å². The molecule has 4 atom stereocenters. The van der Waals surface area contributed by atoms with Crippen molar-refractivity contribution in [3.05, 3.63) is 47.4 Å². The normalized spacial score (nSPS) is 27.1. The Balaban J connectivity index is 1.32. The monoisotopic (exact) mass is 620 g/mol. The summed E-state index contributed by atoms with van der Waals surface area (Å²) in [6.07, 6.45) is 7.61. The van der Waals surface area contributed by atoms with Crippen LogP contribution in [0.4, 0.5) is 29.1 Å². The number of nitrogen functional groups attached to an aromatic ring is 1. The maximum absolute atomic E-state index is 16.9. The zero-order valence-electron chi connectivity index (χ0n) is 26.1. The van der Waals surface area contributed by atoms with Gasteiger partial charge in [-0.1, -0.05) is 5.92 Å². The average Bonchev–Trinajstić information content (AvgIpc) is 3.60. The van der Waals surface area contributed by atoms with Gasteiger partial charge >= 0.3 is 6.01 Å². The maximum atomic E-state index is 16.9. The van der Waals surface area contributed by atoms with Gasteiger partial charge in [0.05, 0.1) is 32.4 Å². The van der Waals surface area contributed by atoms with Gasteiger partial charge in [-0.15, -0.1) is 6.42 Å². The summed E-state index contributed by atoms with van der Waals surface area (Å²) in [7, 11) is 0. The van der Waals surface area contributed by atoms with Gasteiger partial charge < -0.3 is 20.1 Å². The molecule has 4 fully saturated rings. The number of fused-ring (bicyclic) bond motifs is 4. The van der Waals surface area contributed by atoms with Crippen LogP contribution in [0.5, 0.6) is 6.01 Å². The van der Waals surface area contributed by atoms with Gasteiger partial charge in [-0.2, -0.15) is 9.97 Å². The van der Waals surface area contributed by atoms with E-state index in [1.54, 1.807) is 4.90 Å². The van der Waals surface area contributed by atoms with Crippen molar-refractivity contribution in [1.29, 1.82) is 0 Å². The smallest absolute Gasteiger partial charge is 0.319 e. The van der Waals surface area contributed by atoms with E-state index in [1.807, 2.05) is 4.90 Å². The topological polar surface area (TPSA) is 89.6 Å². The fourth-order valence-corrected chi connectivity index (χ4v) is 7.32. The first-order chi connectivity index (χ1) is 22.5. The SMILES string of the molecule is [2H]C([2H])(Oc1nc(N2CCOC[C@H]3C[C@H]32)c2cnc(-c3cc(N)cc4cc(F)c(F)c(C#C)c34)c(F)c2n1)[C@@]12CCCN1C[C@H](F)C2. The quantitative estimate of drug-likeness (QED) is 0.189. The molecule has 3 aliphatic heterocycles. The Morgan fingerprint density at radius 1 is 1.20 bits per heavy atom. The summed E-state index contributed by atoms with van der Waals surface area (Å²) < 4.78 is 90.5. The first-order valence-electron chi connectivity index (χ1n) is 16.0. The lowest BCUT2D eigenvalue weighted by Gasteiger charge is -2.31. The van der Waals surface area contributed by atoms with E-state index in [1.165, 1.54) is 18.3 Å². The molecule has 0 bridgehead atoms. The van der Waals surface area contributed by atoms with Crippen LogP contribution in [0.1, 0.15) is 34.0 Å². The number of nitrogens with zero attached hydrogens (tertiary/aromatic N) is 5. The lowest BCUT2D eigenvalue weighted by atomic mass is 9.95. The van der Waals surface area contributed by atoms with E-state index in [0.717, 1.165) is 12.5 Å². The lowest BCUT2D eigenvalue weighted by molar-refractivity contribution is 0.107. The minimum atomic E-state index is -2.42. The van der Waals surface area contributed by atoms with E-state index in [-0.39, 0.29) is 63.5 Å². The second kappa shape index (κ2) is 10.4. The summed E-state index contributed by atoms with van der Waals surface area (Å²) in [4.78, 5) is 17.2. The van der Waals surface area contributed by atoms with Gasteiger partial charge in [0, 0.05) is 54.3 Å². The zero-order chi connectivity index (χ0) is 32.8. The van der Waals surface area contributed by atoms with Gasteiger partial charge in [0.25, 0.3) is 0 Å². The molecule has 2 N–H and O–H groups in total. The highest BCUT2D eigenvalue weighted by Crippen LogP contribution is 2.44. The van der Waals surface area contributed by atoms with Crippen LogP contribution < -0.4 is 15.4 Å². The summed E-state index contributed by atoms with van der Waals surface area (Å²) in [5.41, 5.74) is 4.12. The van der Waals surface area contributed by atoms with Crippen molar-refractivity contribution in [2.24, 2.45) is 5.92 Å². The molecule has 232 valence electrons. The molecule has 4 aromatic rings. The maximum Gasteiger partial charge on any atom is 0.319 e. The van der Waals surface area contributed by atoms with E-state index in [4.69, 9.17) is 24.4 Å². The van der Waals surface area contributed by atoms with Gasteiger partial charge in [0.1, 0.15) is 29.8 Å². The van der Waals surface area contributed by atoms with Crippen LogP contribution in [0.25, 0.3) is 32.9 Å². The molecule has 1 saturated carbocycles. The molecule has 0 radical (unpaired) electrons. The van der Waals surface area contributed by atoms with Crippen molar-refractivity contribution in [3.63, 3.8) is 0 Å². The summed E-state index contributed by atoms with van der Waals surface area (Å²) in [5, 5.41) is 0.433. The van der Waals surface area contributed by atoms with Crippen LogP contribution in [0, 0.1) is 35.7 Å². The third-order valence-electron chi connectivity index (χ3n) is 9.50. The molecule has 4 aliphatic rings. The second-order valence-electron chi connectivity index (χ2n) is 12.3. The number of aromatic nitrogens is 3. The first-order valence-corrected chi connectivity index (χ1v) is 15.0. The third-order valence-corrected chi connectivity index (χ3v) is 9.50. The number of hydrogen-bond donors (Lipinski definition) is 1. The van der Waals surface area contributed by atoms with Crippen LogP contribution in [-0.4, -0.2) is 77.0 Å². The number of hydrogen-bond acceptors (Lipinski definition) is 8. The minimum absolute atomic E-state index is 0.0232. The molecule has 45 heavy (non-hydrogen) atoms. The number of anilines is 2. The molecule has 5 heterocycles. The molecule has 0 amide bonds. The lowest BCUT2D eigenvalue weighted by Crippen LogP contribution is -2.43. The van der Waals surface area contributed by atoms with Gasteiger partial charge in [-0.3, -0.25) is 9.88 Å². The molecule has 8 nitrogen and oxygen atoms in total. The number of alkyl halides is 1. The van der Waals surface area contributed by atoms with Crippen molar-refractivity contribution in [2.45, 2.75) is 43.4 Å². The van der Waals surface area contributed by atoms with Crippen LogP contribution in [-0.2, 0) is 4.74 Å². The Morgan fingerprint density at radius 2 is 2.07 bits per heavy atom. The number of terminal acetylenes is 1. The van der Waals surface area contributed by atoms with Crippen LogP contribution in [0.3, 0.4) is 0 Å². The molecule has 0 spiro atoms. The molecule has 0 unspecified atom stereocenters.